The molecule has 0 saturated carbocycles. The molecule has 68 heavy (non-hydrogen) atoms. The van der Waals surface area contributed by atoms with Gasteiger partial charge in [0.05, 0.1) is 67.1 Å². The van der Waals surface area contributed by atoms with Crippen LogP contribution >= 0.6 is 0 Å². The van der Waals surface area contributed by atoms with Crippen molar-refractivity contribution in [3.05, 3.63) is 0 Å². The number of hydrogen-bond acceptors (Lipinski definition) is 12. The first kappa shape index (κ1) is 67.5. The number of hydrogen-bond donors (Lipinski definition) is 8. The van der Waals surface area contributed by atoms with Gasteiger partial charge in [-0.15, -0.1) is 0 Å². The summed E-state index contributed by atoms with van der Waals surface area (Å²) in [5, 5.41) is 55.7. The maximum atomic E-state index is 10.5. The lowest BCUT2D eigenvalue weighted by Gasteiger charge is -2.55. The maximum Gasteiger partial charge on any atom is 0.104 e. The second-order valence-electron chi connectivity index (χ2n) is 26.2. The Bertz CT molecular complexity index is 1250. The van der Waals surface area contributed by atoms with Crippen LogP contribution in [0.2, 0.25) is 0 Å². The Balaban J connectivity index is 7.52. The van der Waals surface area contributed by atoms with Crippen LogP contribution in [0.1, 0.15) is 211 Å². The summed E-state index contributed by atoms with van der Waals surface area (Å²) in [6.45, 7) is 56.6. The van der Waals surface area contributed by atoms with Crippen molar-refractivity contribution < 1.29 is 39.4 Å². The van der Waals surface area contributed by atoms with Gasteiger partial charge < -0.3 is 55.3 Å². The minimum atomic E-state index is -0.723. The smallest absolute Gasteiger partial charge is 0.104 e. The molecule has 0 saturated heterocycles. The summed E-state index contributed by atoms with van der Waals surface area (Å²) in [4.78, 5) is 0. The zero-order valence-corrected chi connectivity index (χ0v) is 49.1. The predicted molar refractivity (Wildman–Crippen MR) is 286 cm³/mol. The number of nitrogens with one attached hydrogen (secondary N) is 4. The standard InChI is InChI=1S/C56H118N4O8/c1-25-44(61)29-58-52(17,18)41(6)33-66-50(13,14)37-56(55(23,24)68-35-43(8)54(21,22)60-31-46(63)27-3,36-49(11,12)65-32-40(5)48(9,10)39-57-47(64)28-4)38-51(15,16)67-34-42(7)53(19,20)59-30-45(62)26-2/h40-47,57-64H,25-39H2,1-24H3. The quantitative estimate of drug-likeness (QED) is 0.0276. The van der Waals surface area contributed by atoms with E-state index in [1.165, 1.54) is 0 Å². The molecule has 0 aromatic rings. The predicted octanol–water partition coefficient (Wildman–Crippen LogP) is 9.63. The molecule has 12 nitrogen and oxygen atoms in total. The van der Waals surface area contributed by atoms with Gasteiger partial charge in [0.1, 0.15) is 6.23 Å². The SMILES string of the molecule is CCC(O)CNC(C)(C)C(C)COC(C)(C)CC(CC(C)(C)OCC(C)C(C)(C)CNC(O)CC)(CC(C)(C)OCC(C)C(C)(C)NCC(O)CC)C(C)(C)OCC(C)C(C)(C)NCC(O)CC. The van der Waals surface area contributed by atoms with Crippen LogP contribution in [0.15, 0.2) is 0 Å². The van der Waals surface area contributed by atoms with E-state index >= 15 is 0 Å². The van der Waals surface area contributed by atoms with E-state index in [2.05, 4.69) is 160 Å². The summed E-state index contributed by atoms with van der Waals surface area (Å²) in [6.07, 6.45) is 2.94. The summed E-state index contributed by atoms with van der Waals surface area (Å²) in [7, 11) is 0. The van der Waals surface area contributed by atoms with E-state index in [0.29, 0.717) is 97.6 Å². The van der Waals surface area contributed by atoms with Crippen LogP contribution in [0.5, 0.6) is 0 Å². The molecule has 0 radical (unpaired) electrons. The van der Waals surface area contributed by atoms with Crippen LogP contribution in [0.3, 0.4) is 0 Å². The van der Waals surface area contributed by atoms with Crippen molar-refractivity contribution in [3.63, 3.8) is 0 Å². The van der Waals surface area contributed by atoms with Crippen molar-refractivity contribution >= 4 is 0 Å². The molecule has 410 valence electrons. The molecule has 8 N–H and O–H groups in total. The molecule has 0 fully saturated rings. The van der Waals surface area contributed by atoms with Crippen LogP contribution in [0, 0.1) is 34.5 Å². The minimum Gasteiger partial charge on any atom is -0.392 e. The Morgan fingerprint density at radius 2 is 0.676 bits per heavy atom. The lowest BCUT2D eigenvalue weighted by molar-refractivity contribution is -0.209. The van der Waals surface area contributed by atoms with Gasteiger partial charge in [0.2, 0.25) is 0 Å². The fourth-order valence-electron chi connectivity index (χ4n) is 8.61. The van der Waals surface area contributed by atoms with E-state index in [-0.39, 0.29) is 45.7 Å². The van der Waals surface area contributed by atoms with Gasteiger partial charge in [0.25, 0.3) is 0 Å². The second kappa shape index (κ2) is 28.3. The number of aliphatic hydroxyl groups excluding tert-OH is 4. The Morgan fingerprint density at radius 1 is 0.397 bits per heavy atom. The highest BCUT2D eigenvalue weighted by molar-refractivity contribution is 5.05. The molecule has 8 atom stereocenters. The molecule has 0 heterocycles. The van der Waals surface area contributed by atoms with Crippen LogP contribution in [0.4, 0.5) is 0 Å². The molecule has 0 bridgehead atoms. The summed E-state index contributed by atoms with van der Waals surface area (Å²) >= 11 is 0. The van der Waals surface area contributed by atoms with E-state index in [0.717, 1.165) is 0 Å². The summed E-state index contributed by atoms with van der Waals surface area (Å²) in [5.74, 6) is 0.570. The summed E-state index contributed by atoms with van der Waals surface area (Å²) < 4.78 is 28.7. The van der Waals surface area contributed by atoms with Crippen LogP contribution < -0.4 is 21.3 Å². The highest BCUT2D eigenvalue weighted by Crippen LogP contribution is 2.54. The molecule has 0 rings (SSSR count). The van der Waals surface area contributed by atoms with Gasteiger partial charge in [-0.2, -0.15) is 0 Å². The lowest BCUT2D eigenvalue weighted by atomic mass is 9.58. The number of ether oxygens (including phenoxy) is 4. The van der Waals surface area contributed by atoms with Gasteiger partial charge in [0, 0.05) is 48.2 Å². The normalized spacial score (nSPS) is 18.7. The van der Waals surface area contributed by atoms with Crippen molar-refractivity contribution in [3.8, 4) is 0 Å². The fourth-order valence-corrected chi connectivity index (χ4v) is 8.61. The molecule has 8 unspecified atom stereocenters. The zero-order chi connectivity index (χ0) is 53.4. The molecule has 0 spiro atoms. The van der Waals surface area contributed by atoms with Gasteiger partial charge in [-0.1, -0.05) is 69.2 Å². The fraction of sp³-hybridized carbons (Fsp3) is 1.00. The average Bonchev–Trinajstić information content (AvgIpc) is 3.24. The van der Waals surface area contributed by atoms with E-state index in [9.17, 15) is 20.4 Å². The first-order valence-electron chi connectivity index (χ1n) is 27.0. The molecular formula is C56H118N4O8. The van der Waals surface area contributed by atoms with Crippen molar-refractivity contribution in [1.82, 2.24) is 21.3 Å². The third kappa shape index (κ3) is 24.0. The highest BCUT2D eigenvalue weighted by Gasteiger charge is 2.55. The Morgan fingerprint density at radius 3 is 0.956 bits per heavy atom. The van der Waals surface area contributed by atoms with Crippen LogP contribution in [0.25, 0.3) is 0 Å². The lowest BCUT2D eigenvalue weighted by Crippen LogP contribution is -2.58. The monoisotopic (exact) mass is 975 g/mol. The van der Waals surface area contributed by atoms with Crippen molar-refractivity contribution in [2.24, 2.45) is 34.5 Å². The molecular weight excluding hydrogens is 857 g/mol. The van der Waals surface area contributed by atoms with E-state index in [1.54, 1.807) is 0 Å². The Kier molecular flexibility index (Phi) is 28.1. The molecule has 12 heteroatoms. The highest BCUT2D eigenvalue weighted by atomic mass is 16.5. The maximum absolute atomic E-state index is 10.5. The van der Waals surface area contributed by atoms with Gasteiger partial charge >= 0.3 is 0 Å². The third-order valence-electron chi connectivity index (χ3n) is 16.4. The summed E-state index contributed by atoms with van der Waals surface area (Å²) in [5.41, 5.74) is -4.10. The van der Waals surface area contributed by atoms with Crippen LogP contribution in [-0.4, -0.2) is 137 Å². The topological polar surface area (TPSA) is 166 Å². The second-order valence-corrected chi connectivity index (χ2v) is 26.2. The zero-order valence-electron chi connectivity index (χ0n) is 49.1. The molecule has 0 amide bonds. The molecule has 0 aliphatic rings. The Labute approximate surface area is 421 Å². The van der Waals surface area contributed by atoms with Gasteiger partial charge in [-0.3, -0.25) is 5.32 Å². The Hall–Kier alpha value is -0.480. The first-order valence-corrected chi connectivity index (χ1v) is 27.0. The summed E-state index contributed by atoms with van der Waals surface area (Å²) in [6, 6.07) is 0. The molecule has 0 aromatic carbocycles. The van der Waals surface area contributed by atoms with Crippen LogP contribution in [-0.2, 0) is 18.9 Å². The third-order valence-corrected chi connectivity index (χ3v) is 16.4. The van der Waals surface area contributed by atoms with Gasteiger partial charge in [-0.05, 0) is 171 Å². The van der Waals surface area contributed by atoms with Crippen molar-refractivity contribution in [2.45, 2.75) is 275 Å². The minimum absolute atomic E-state index is 0.104. The van der Waals surface area contributed by atoms with E-state index < -0.39 is 52.4 Å². The number of rotatable bonds is 39. The molecule has 0 aliphatic heterocycles. The average molecular weight is 976 g/mol. The van der Waals surface area contributed by atoms with Crippen molar-refractivity contribution in [1.29, 1.82) is 0 Å². The molecule has 0 aliphatic carbocycles. The largest absolute Gasteiger partial charge is 0.392 e. The molecule has 0 aromatic heterocycles. The first-order chi connectivity index (χ1) is 30.7. The van der Waals surface area contributed by atoms with Crippen molar-refractivity contribution in [2.75, 3.05) is 52.6 Å². The van der Waals surface area contributed by atoms with E-state index in [1.807, 2.05) is 27.7 Å². The van der Waals surface area contributed by atoms with Gasteiger partial charge in [-0.25, -0.2) is 0 Å². The van der Waals surface area contributed by atoms with Gasteiger partial charge in [0.15, 0.2) is 0 Å². The van der Waals surface area contributed by atoms with E-state index in [4.69, 9.17) is 18.9 Å². The number of β-amino-alcohol motifs (C(OH)–C–C–N with tert-alkyl or cyclic N) is 3. The number of aliphatic hydroxyl groups is 4.